The number of carboxylic acid groups (broad SMARTS) is 1. The highest BCUT2D eigenvalue weighted by molar-refractivity contribution is 5.86. The first-order chi connectivity index (χ1) is 9.08. The predicted molar refractivity (Wildman–Crippen MR) is 73.9 cm³/mol. The van der Waals surface area contributed by atoms with Crippen LogP contribution in [0.25, 0.3) is 0 Å². The fraction of sp³-hybridized carbons (Fsp3) is 0.857. The number of hydrogen-bond acceptors (Lipinski definition) is 3. The van der Waals surface area contributed by atoms with Gasteiger partial charge in [-0.3, -0.25) is 14.5 Å². The van der Waals surface area contributed by atoms with E-state index < -0.39 is 12.0 Å². The number of carbonyl (C=O) groups excluding carboxylic acids is 1. The van der Waals surface area contributed by atoms with Gasteiger partial charge in [0.05, 0.1) is 12.5 Å². The van der Waals surface area contributed by atoms with Gasteiger partial charge in [0.15, 0.2) is 0 Å². The molecule has 2 atom stereocenters. The van der Waals surface area contributed by atoms with E-state index in [0.717, 1.165) is 25.9 Å². The molecule has 110 valence electrons. The van der Waals surface area contributed by atoms with Crippen molar-refractivity contribution in [3.63, 3.8) is 0 Å². The lowest BCUT2D eigenvalue weighted by molar-refractivity contribution is -0.143. The maximum Gasteiger partial charge on any atom is 0.305 e. The zero-order valence-corrected chi connectivity index (χ0v) is 12.0. The highest BCUT2D eigenvalue weighted by atomic mass is 16.4. The van der Waals surface area contributed by atoms with E-state index in [4.69, 9.17) is 5.11 Å². The molecule has 1 saturated heterocycles. The van der Waals surface area contributed by atoms with Crippen LogP contribution in [0.1, 0.15) is 46.0 Å². The fourth-order valence-corrected chi connectivity index (χ4v) is 2.62. The van der Waals surface area contributed by atoms with E-state index in [9.17, 15) is 9.59 Å². The lowest BCUT2D eigenvalue weighted by atomic mass is 9.97. The Kier molecular flexibility index (Phi) is 6.84. The van der Waals surface area contributed by atoms with Crippen molar-refractivity contribution in [1.82, 2.24) is 10.2 Å². The van der Waals surface area contributed by atoms with Gasteiger partial charge in [-0.1, -0.05) is 33.1 Å². The molecule has 1 aliphatic rings. The zero-order chi connectivity index (χ0) is 14.3. The standard InChI is InChI=1S/C14H26N2O3/c1-3-5-6-11(4-2)10-16-8-7-15-14(19)12(16)9-13(17)18/h11-12H,3-10H2,1-2H3,(H,15,19)(H,17,18). The molecular weight excluding hydrogens is 244 g/mol. The Morgan fingerprint density at radius 1 is 1.53 bits per heavy atom. The lowest BCUT2D eigenvalue weighted by Gasteiger charge is -2.36. The van der Waals surface area contributed by atoms with Gasteiger partial charge in [-0.15, -0.1) is 0 Å². The molecule has 0 saturated carbocycles. The van der Waals surface area contributed by atoms with Crippen LogP contribution in [0.4, 0.5) is 0 Å². The Balaban J connectivity index is 2.60. The summed E-state index contributed by atoms with van der Waals surface area (Å²) < 4.78 is 0. The van der Waals surface area contributed by atoms with E-state index in [0.29, 0.717) is 12.5 Å². The van der Waals surface area contributed by atoms with Crippen LogP contribution in [0, 0.1) is 5.92 Å². The summed E-state index contributed by atoms with van der Waals surface area (Å²) in [4.78, 5) is 24.7. The number of carbonyl (C=O) groups is 2. The summed E-state index contributed by atoms with van der Waals surface area (Å²) in [6.45, 7) is 6.55. The van der Waals surface area contributed by atoms with Gasteiger partial charge in [0, 0.05) is 19.6 Å². The van der Waals surface area contributed by atoms with Crippen LogP contribution < -0.4 is 5.32 Å². The molecule has 0 aromatic rings. The first kappa shape index (κ1) is 16.0. The monoisotopic (exact) mass is 270 g/mol. The van der Waals surface area contributed by atoms with Crippen molar-refractivity contribution in [3.05, 3.63) is 0 Å². The Hall–Kier alpha value is -1.10. The minimum atomic E-state index is -0.909. The first-order valence-corrected chi connectivity index (χ1v) is 7.32. The van der Waals surface area contributed by atoms with Gasteiger partial charge in [0.2, 0.25) is 5.91 Å². The van der Waals surface area contributed by atoms with Crippen molar-refractivity contribution in [2.75, 3.05) is 19.6 Å². The second-order valence-corrected chi connectivity index (χ2v) is 5.32. The van der Waals surface area contributed by atoms with Gasteiger partial charge in [0.25, 0.3) is 0 Å². The molecule has 0 bridgehead atoms. The third-order valence-electron chi connectivity index (χ3n) is 3.85. The van der Waals surface area contributed by atoms with E-state index in [1.807, 2.05) is 0 Å². The molecule has 1 fully saturated rings. The minimum absolute atomic E-state index is 0.101. The highest BCUT2D eigenvalue weighted by Gasteiger charge is 2.32. The summed E-state index contributed by atoms with van der Waals surface area (Å²) in [5.41, 5.74) is 0. The number of nitrogens with one attached hydrogen (secondary N) is 1. The molecule has 5 nitrogen and oxygen atoms in total. The molecule has 5 heteroatoms. The van der Waals surface area contributed by atoms with Gasteiger partial charge in [0.1, 0.15) is 0 Å². The number of aliphatic carboxylic acids is 1. The average Bonchev–Trinajstić information content (AvgIpc) is 2.37. The molecule has 1 aliphatic heterocycles. The quantitative estimate of drug-likeness (QED) is 0.701. The summed E-state index contributed by atoms with van der Waals surface area (Å²) >= 11 is 0. The Morgan fingerprint density at radius 2 is 2.26 bits per heavy atom. The normalized spacial score (nSPS) is 22.0. The summed E-state index contributed by atoms with van der Waals surface area (Å²) in [6, 6.07) is -0.498. The van der Waals surface area contributed by atoms with E-state index in [-0.39, 0.29) is 12.3 Å². The number of amides is 1. The van der Waals surface area contributed by atoms with Crippen molar-refractivity contribution in [1.29, 1.82) is 0 Å². The van der Waals surface area contributed by atoms with Gasteiger partial charge >= 0.3 is 5.97 Å². The third-order valence-corrected chi connectivity index (χ3v) is 3.85. The van der Waals surface area contributed by atoms with Crippen LogP contribution in [0.15, 0.2) is 0 Å². The van der Waals surface area contributed by atoms with Crippen LogP contribution >= 0.6 is 0 Å². The SMILES string of the molecule is CCCCC(CC)CN1CCNC(=O)C1CC(=O)O. The maximum absolute atomic E-state index is 11.8. The Bertz CT molecular complexity index is 307. The molecule has 2 N–H and O–H groups in total. The van der Waals surface area contributed by atoms with Crippen molar-refractivity contribution >= 4 is 11.9 Å². The van der Waals surface area contributed by atoms with E-state index >= 15 is 0 Å². The highest BCUT2D eigenvalue weighted by Crippen LogP contribution is 2.18. The maximum atomic E-state index is 11.8. The van der Waals surface area contributed by atoms with Crippen LogP contribution in [-0.2, 0) is 9.59 Å². The molecule has 0 spiro atoms. The smallest absolute Gasteiger partial charge is 0.305 e. The predicted octanol–water partition coefficient (Wildman–Crippen LogP) is 1.48. The number of nitrogens with zero attached hydrogens (tertiary/aromatic N) is 1. The fourth-order valence-electron chi connectivity index (χ4n) is 2.62. The lowest BCUT2D eigenvalue weighted by Crippen LogP contribution is -2.56. The molecule has 2 unspecified atom stereocenters. The Morgan fingerprint density at radius 3 is 2.84 bits per heavy atom. The molecule has 0 aliphatic carbocycles. The summed E-state index contributed by atoms with van der Waals surface area (Å²) in [7, 11) is 0. The zero-order valence-electron chi connectivity index (χ0n) is 12.0. The molecule has 19 heavy (non-hydrogen) atoms. The van der Waals surface area contributed by atoms with Crippen LogP contribution in [0.2, 0.25) is 0 Å². The molecular formula is C14H26N2O3. The second kappa shape index (κ2) is 8.15. The summed E-state index contributed by atoms with van der Waals surface area (Å²) in [5, 5.41) is 11.7. The molecule has 1 rings (SSSR count). The molecule has 0 aromatic carbocycles. The molecule has 0 aromatic heterocycles. The van der Waals surface area contributed by atoms with Gasteiger partial charge in [-0.2, -0.15) is 0 Å². The average molecular weight is 270 g/mol. The van der Waals surface area contributed by atoms with E-state index in [2.05, 4.69) is 24.1 Å². The number of carboxylic acids is 1. The van der Waals surface area contributed by atoms with Gasteiger partial charge in [-0.25, -0.2) is 0 Å². The summed E-state index contributed by atoms with van der Waals surface area (Å²) in [5.74, 6) is -0.491. The first-order valence-electron chi connectivity index (χ1n) is 7.32. The van der Waals surface area contributed by atoms with Crippen LogP contribution in [0.3, 0.4) is 0 Å². The third kappa shape index (κ3) is 5.19. The van der Waals surface area contributed by atoms with Crippen molar-refractivity contribution in [3.8, 4) is 0 Å². The molecule has 0 radical (unpaired) electrons. The number of piperazine rings is 1. The Labute approximate surface area is 115 Å². The van der Waals surface area contributed by atoms with E-state index in [1.54, 1.807) is 0 Å². The summed E-state index contributed by atoms with van der Waals surface area (Å²) in [6.07, 6.45) is 4.51. The van der Waals surface area contributed by atoms with Crippen LogP contribution in [-0.4, -0.2) is 47.6 Å². The van der Waals surface area contributed by atoms with Crippen molar-refractivity contribution in [2.45, 2.75) is 52.0 Å². The topological polar surface area (TPSA) is 69.6 Å². The number of unbranched alkanes of at least 4 members (excludes halogenated alkanes) is 1. The number of hydrogen-bond donors (Lipinski definition) is 2. The largest absolute Gasteiger partial charge is 0.481 e. The molecule has 1 heterocycles. The molecule has 1 amide bonds. The van der Waals surface area contributed by atoms with Crippen molar-refractivity contribution < 1.29 is 14.7 Å². The van der Waals surface area contributed by atoms with Crippen molar-refractivity contribution in [2.24, 2.45) is 5.92 Å². The number of rotatable bonds is 8. The second-order valence-electron chi connectivity index (χ2n) is 5.32. The van der Waals surface area contributed by atoms with Gasteiger partial charge < -0.3 is 10.4 Å². The van der Waals surface area contributed by atoms with Gasteiger partial charge in [-0.05, 0) is 12.3 Å². The minimum Gasteiger partial charge on any atom is -0.481 e. The van der Waals surface area contributed by atoms with E-state index in [1.165, 1.54) is 12.8 Å². The van der Waals surface area contributed by atoms with Crippen LogP contribution in [0.5, 0.6) is 0 Å².